The summed E-state index contributed by atoms with van der Waals surface area (Å²) in [4.78, 5) is 12.1. The zero-order valence-corrected chi connectivity index (χ0v) is 13.9. The number of carbonyl (C=O) groups is 1. The second-order valence-electron chi connectivity index (χ2n) is 4.81. The molecular formula is C16H14ClFN2O3S. The number of nitrogens with one attached hydrogen (secondary N) is 1. The predicted octanol–water partition coefficient (Wildman–Crippen LogP) is 2.33. The summed E-state index contributed by atoms with van der Waals surface area (Å²) in [6.07, 6.45) is 1.39. The maximum Gasteiger partial charge on any atom is 0.264 e. The Bertz CT molecular complexity index is 863. The van der Waals surface area contributed by atoms with Crippen molar-refractivity contribution in [2.75, 3.05) is 6.54 Å². The maximum atomic E-state index is 12.9. The van der Waals surface area contributed by atoms with E-state index in [0.29, 0.717) is 10.6 Å². The van der Waals surface area contributed by atoms with Crippen LogP contribution in [0.1, 0.15) is 5.56 Å². The number of carbonyl (C=O) groups excluding carboxylic acids is 1. The van der Waals surface area contributed by atoms with Gasteiger partial charge in [-0.05, 0) is 48.0 Å². The van der Waals surface area contributed by atoms with Crippen LogP contribution in [-0.2, 0) is 14.8 Å². The zero-order chi connectivity index (χ0) is 17.7. The van der Waals surface area contributed by atoms with Crippen LogP contribution in [0.5, 0.6) is 0 Å². The molecule has 0 heterocycles. The van der Waals surface area contributed by atoms with E-state index in [2.05, 4.69) is 0 Å². The summed E-state index contributed by atoms with van der Waals surface area (Å²) in [5.74, 6) is -1.27. The zero-order valence-electron chi connectivity index (χ0n) is 12.4. The van der Waals surface area contributed by atoms with E-state index in [1.807, 2.05) is 4.72 Å². The van der Waals surface area contributed by atoms with Gasteiger partial charge in [-0.1, -0.05) is 23.7 Å². The topological polar surface area (TPSA) is 89.3 Å². The molecule has 0 spiro atoms. The van der Waals surface area contributed by atoms with Crippen LogP contribution in [-0.4, -0.2) is 20.9 Å². The number of benzene rings is 2. The number of sulfonamides is 1. The van der Waals surface area contributed by atoms with Crippen LogP contribution in [0.25, 0.3) is 6.08 Å². The van der Waals surface area contributed by atoms with E-state index in [1.165, 1.54) is 54.6 Å². The summed E-state index contributed by atoms with van der Waals surface area (Å²) < 4.78 is 39.2. The summed E-state index contributed by atoms with van der Waals surface area (Å²) in [7, 11) is -4.04. The number of amides is 1. The van der Waals surface area contributed by atoms with E-state index in [9.17, 15) is 17.6 Å². The first-order valence-corrected chi connectivity index (χ1v) is 8.67. The molecule has 5 nitrogen and oxygen atoms in total. The van der Waals surface area contributed by atoms with Crippen LogP contribution in [0.3, 0.4) is 0 Å². The van der Waals surface area contributed by atoms with Crippen molar-refractivity contribution in [3.8, 4) is 0 Å². The van der Waals surface area contributed by atoms with Crippen molar-refractivity contribution in [2.24, 2.45) is 5.73 Å². The third kappa shape index (κ3) is 4.64. The Morgan fingerprint density at radius 3 is 2.25 bits per heavy atom. The van der Waals surface area contributed by atoms with Gasteiger partial charge in [-0.2, -0.15) is 0 Å². The highest BCUT2D eigenvalue weighted by Gasteiger charge is 2.19. The van der Waals surface area contributed by atoms with Gasteiger partial charge in [0, 0.05) is 17.1 Å². The van der Waals surface area contributed by atoms with Crippen molar-refractivity contribution in [1.82, 2.24) is 4.72 Å². The van der Waals surface area contributed by atoms with Crippen molar-refractivity contribution in [3.05, 3.63) is 70.5 Å². The molecule has 0 aliphatic carbocycles. The molecule has 3 N–H and O–H groups in total. The van der Waals surface area contributed by atoms with Crippen molar-refractivity contribution in [1.29, 1.82) is 0 Å². The van der Waals surface area contributed by atoms with Gasteiger partial charge in [0.25, 0.3) is 15.9 Å². The molecule has 0 radical (unpaired) electrons. The van der Waals surface area contributed by atoms with E-state index < -0.39 is 21.7 Å². The third-order valence-corrected chi connectivity index (χ3v) is 4.67. The van der Waals surface area contributed by atoms with Crippen molar-refractivity contribution in [2.45, 2.75) is 4.90 Å². The Kier molecular flexibility index (Phi) is 5.71. The van der Waals surface area contributed by atoms with Crippen molar-refractivity contribution < 1.29 is 17.6 Å². The largest absolute Gasteiger partial charge is 0.326 e. The number of halogens is 2. The summed E-state index contributed by atoms with van der Waals surface area (Å²) >= 11 is 5.71. The molecule has 2 aromatic rings. The van der Waals surface area contributed by atoms with Crippen LogP contribution >= 0.6 is 11.6 Å². The van der Waals surface area contributed by atoms with E-state index >= 15 is 0 Å². The molecule has 0 fully saturated rings. The van der Waals surface area contributed by atoms with Crippen molar-refractivity contribution in [3.63, 3.8) is 0 Å². The average Bonchev–Trinajstić information content (AvgIpc) is 2.54. The fraction of sp³-hybridized carbons (Fsp3) is 0.0625. The molecule has 0 saturated carbocycles. The Hall–Kier alpha value is -2.22. The highest BCUT2D eigenvalue weighted by atomic mass is 35.5. The minimum Gasteiger partial charge on any atom is -0.326 e. The standard InChI is InChI=1S/C16H14ClFN2O3S/c17-13-3-7-15(8-4-13)24(22,23)20-16(21)12(10-19)9-11-1-5-14(18)6-2-11/h1-9H,10,19H2,(H,20,21)/b12-9+. The lowest BCUT2D eigenvalue weighted by Gasteiger charge is -2.09. The summed E-state index contributed by atoms with van der Waals surface area (Å²) in [5.41, 5.74) is 6.08. The Morgan fingerprint density at radius 2 is 1.71 bits per heavy atom. The normalized spacial score (nSPS) is 12.0. The van der Waals surface area contributed by atoms with E-state index in [4.69, 9.17) is 17.3 Å². The number of hydrogen-bond acceptors (Lipinski definition) is 4. The molecule has 0 saturated heterocycles. The van der Waals surface area contributed by atoms with Gasteiger partial charge in [0.1, 0.15) is 5.82 Å². The van der Waals surface area contributed by atoms with Gasteiger partial charge in [-0.25, -0.2) is 17.5 Å². The molecule has 8 heteroatoms. The number of hydrogen-bond donors (Lipinski definition) is 2. The van der Waals surface area contributed by atoms with Gasteiger partial charge in [0.2, 0.25) is 0 Å². The molecule has 0 bridgehead atoms. The molecule has 126 valence electrons. The Balaban J connectivity index is 2.22. The van der Waals surface area contributed by atoms with E-state index in [-0.39, 0.29) is 17.0 Å². The van der Waals surface area contributed by atoms with E-state index in [0.717, 1.165) is 0 Å². The highest BCUT2D eigenvalue weighted by Crippen LogP contribution is 2.15. The van der Waals surface area contributed by atoms with Gasteiger partial charge in [-0.3, -0.25) is 4.79 Å². The molecule has 0 aliphatic rings. The van der Waals surface area contributed by atoms with Gasteiger partial charge in [0.05, 0.1) is 4.90 Å². The first-order chi connectivity index (χ1) is 11.3. The molecule has 2 aromatic carbocycles. The van der Waals surface area contributed by atoms with E-state index in [1.54, 1.807) is 0 Å². The fourth-order valence-electron chi connectivity index (χ4n) is 1.84. The lowest BCUT2D eigenvalue weighted by Crippen LogP contribution is -2.33. The van der Waals surface area contributed by atoms with Gasteiger partial charge < -0.3 is 5.73 Å². The molecule has 0 atom stereocenters. The molecule has 0 aromatic heterocycles. The molecule has 0 aliphatic heterocycles. The maximum absolute atomic E-state index is 12.9. The number of nitrogens with two attached hydrogens (primary N) is 1. The highest BCUT2D eigenvalue weighted by molar-refractivity contribution is 7.90. The SMILES string of the molecule is NC/C(=C\c1ccc(F)cc1)C(=O)NS(=O)(=O)c1ccc(Cl)cc1. The lowest BCUT2D eigenvalue weighted by molar-refractivity contribution is -0.115. The summed E-state index contributed by atoms with van der Waals surface area (Å²) in [6.45, 7) is -0.181. The van der Waals surface area contributed by atoms with Crippen LogP contribution in [0.4, 0.5) is 4.39 Å². The minimum atomic E-state index is -4.04. The van der Waals surface area contributed by atoms with Crippen molar-refractivity contribution >= 4 is 33.6 Å². The summed E-state index contributed by atoms with van der Waals surface area (Å²) in [6, 6.07) is 10.7. The smallest absolute Gasteiger partial charge is 0.264 e. The van der Waals surface area contributed by atoms with Crippen LogP contribution in [0.2, 0.25) is 5.02 Å². The molecular weight excluding hydrogens is 355 g/mol. The molecule has 1 amide bonds. The second-order valence-corrected chi connectivity index (χ2v) is 6.93. The van der Waals surface area contributed by atoms with Gasteiger partial charge in [-0.15, -0.1) is 0 Å². The molecule has 0 unspecified atom stereocenters. The summed E-state index contributed by atoms with van der Waals surface area (Å²) in [5, 5.41) is 0.374. The first-order valence-electron chi connectivity index (χ1n) is 6.81. The monoisotopic (exact) mass is 368 g/mol. The lowest BCUT2D eigenvalue weighted by atomic mass is 10.1. The van der Waals surface area contributed by atoms with Crippen LogP contribution < -0.4 is 10.5 Å². The fourth-order valence-corrected chi connectivity index (χ4v) is 2.95. The average molecular weight is 369 g/mol. The minimum absolute atomic E-state index is 0.0409. The quantitative estimate of drug-likeness (QED) is 0.792. The number of rotatable bonds is 5. The third-order valence-electron chi connectivity index (χ3n) is 3.07. The second kappa shape index (κ2) is 7.57. The van der Waals surface area contributed by atoms with Crippen LogP contribution in [0, 0.1) is 5.82 Å². The predicted molar refractivity (Wildman–Crippen MR) is 90.2 cm³/mol. The Morgan fingerprint density at radius 1 is 1.12 bits per heavy atom. The first kappa shape index (κ1) is 18.1. The molecule has 24 heavy (non-hydrogen) atoms. The van der Waals surface area contributed by atoms with Crippen LogP contribution in [0.15, 0.2) is 59.0 Å². The Labute approximate surface area is 144 Å². The van der Waals surface area contributed by atoms with Gasteiger partial charge >= 0.3 is 0 Å². The van der Waals surface area contributed by atoms with Gasteiger partial charge in [0.15, 0.2) is 0 Å². The molecule has 2 rings (SSSR count).